The highest BCUT2D eigenvalue weighted by atomic mass is 14.9. The first kappa shape index (κ1) is 14.4. The monoisotopic (exact) mass is 251 g/mol. The predicted molar refractivity (Wildman–Crippen MR) is 79.8 cm³/mol. The van der Waals surface area contributed by atoms with Crippen LogP contribution in [-0.4, -0.2) is 12.6 Å². The van der Waals surface area contributed by atoms with Gasteiger partial charge in [-0.1, -0.05) is 65.2 Å². The first-order valence-corrected chi connectivity index (χ1v) is 8.50. The van der Waals surface area contributed by atoms with Gasteiger partial charge in [-0.3, -0.25) is 0 Å². The molecule has 0 amide bonds. The lowest BCUT2D eigenvalue weighted by Gasteiger charge is -2.37. The van der Waals surface area contributed by atoms with Gasteiger partial charge in [0.05, 0.1) is 0 Å². The van der Waals surface area contributed by atoms with Crippen LogP contribution in [0.15, 0.2) is 0 Å². The van der Waals surface area contributed by atoms with Crippen LogP contribution in [0.2, 0.25) is 0 Å². The van der Waals surface area contributed by atoms with Gasteiger partial charge < -0.3 is 5.32 Å². The summed E-state index contributed by atoms with van der Waals surface area (Å²) >= 11 is 0. The summed E-state index contributed by atoms with van der Waals surface area (Å²) in [5, 5.41) is 3.70. The molecule has 2 atom stereocenters. The summed E-state index contributed by atoms with van der Waals surface area (Å²) < 4.78 is 0. The molecule has 2 saturated carbocycles. The van der Waals surface area contributed by atoms with Gasteiger partial charge in [0.1, 0.15) is 0 Å². The molecule has 2 aliphatic rings. The molecule has 0 heterocycles. The van der Waals surface area contributed by atoms with Crippen LogP contribution in [-0.2, 0) is 0 Å². The summed E-state index contributed by atoms with van der Waals surface area (Å²) in [5.74, 6) is 3.08. The smallest absolute Gasteiger partial charge is 0.00104 e. The topological polar surface area (TPSA) is 12.0 Å². The van der Waals surface area contributed by atoms with Crippen LogP contribution >= 0.6 is 0 Å². The third-order valence-electron chi connectivity index (χ3n) is 5.26. The molecule has 0 spiro atoms. The number of rotatable bonds is 4. The fourth-order valence-corrected chi connectivity index (χ4v) is 4.24. The van der Waals surface area contributed by atoms with E-state index in [2.05, 4.69) is 19.2 Å². The van der Waals surface area contributed by atoms with E-state index in [4.69, 9.17) is 0 Å². The van der Waals surface area contributed by atoms with E-state index in [-0.39, 0.29) is 0 Å². The van der Waals surface area contributed by atoms with Crippen LogP contribution in [0.1, 0.15) is 78.1 Å². The molecule has 0 saturated heterocycles. The lowest BCUT2D eigenvalue weighted by atomic mass is 9.70. The van der Waals surface area contributed by atoms with E-state index in [1.54, 1.807) is 0 Å². The van der Waals surface area contributed by atoms with E-state index in [9.17, 15) is 0 Å². The van der Waals surface area contributed by atoms with Crippen LogP contribution in [0.4, 0.5) is 0 Å². The molecule has 2 rings (SSSR count). The Labute approximate surface area is 114 Å². The third kappa shape index (κ3) is 4.26. The second kappa shape index (κ2) is 7.53. The van der Waals surface area contributed by atoms with Gasteiger partial charge in [0.25, 0.3) is 0 Å². The first-order valence-electron chi connectivity index (χ1n) is 8.50. The van der Waals surface area contributed by atoms with Crippen molar-refractivity contribution >= 4 is 0 Å². The number of nitrogens with one attached hydrogen (secondary N) is 1. The molecule has 1 nitrogen and oxygen atoms in total. The standard InChI is InChI=1S/C17H33N/c1-14(2)18-13-16-11-7-8-12-17(16)15-9-5-3-4-6-10-15/h14-18H,3-13H2,1-2H3. The fourth-order valence-electron chi connectivity index (χ4n) is 4.24. The molecule has 106 valence electrons. The number of hydrogen-bond donors (Lipinski definition) is 1. The zero-order valence-corrected chi connectivity index (χ0v) is 12.6. The van der Waals surface area contributed by atoms with Gasteiger partial charge in [-0.05, 0) is 37.1 Å². The predicted octanol–water partition coefficient (Wildman–Crippen LogP) is 4.76. The van der Waals surface area contributed by atoms with E-state index >= 15 is 0 Å². The third-order valence-corrected chi connectivity index (χ3v) is 5.26. The fraction of sp³-hybridized carbons (Fsp3) is 1.00. The Morgan fingerprint density at radius 2 is 1.44 bits per heavy atom. The molecule has 0 aromatic carbocycles. The van der Waals surface area contributed by atoms with Gasteiger partial charge in [-0.15, -0.1) is 0 Å². The summed E-state index contributed by atoms with van der Waals surface area (Å²) in [4.78, 5) is 0. The van der Waals surface area contributed by atoms with Crippen molar-refractivity contribution in [3.8, 4) is 0 Å². The van der Waals surface area contributed by atoms with Crippen molar-refractivity contribution in [3.63, 3.8) is 0 Å². The Bertz CT molecular complexity index is 216. The second-order valence-electron chi connectivity index (χ2n) is 7.02. The van der Waals surface area contributed by atoms with Crippen molar-refractivity contribution in [2.45, 2.75) is 84.1 Å². The van der Waals surface area contributed by atoms with Gasteiger partial charge >= 0.3 is 0 Å². The van der Waals surface area contributed by atoms with E-state index in [0.717, 1.165) is 17.8 Å². The molecule has 2 fully saturated rings. The van der Waals surface area contributed by atoms with Crippen molar-refractivity contribution in [3.05, 3.63) is 0 Å². The lowest BCUT2D eigenvalue weighted by molar-refractivity contribution is 0.142. The van der Waals surface area contributed by atoms with E-state index in [0.29, 0.717) is 6.04 Å². The molecule has 0 aliphatic heterocycles. The Morgan fingerprint density at radius 3 is 2.11 bits per heavy atom. The maximum absolute atomic E-state index is 3.70. The summed E-state index contributed by atoms with van der Waals surface area (Å²) in [6.07, 6.45) is 15.1. The molecular formula is C17H33N. The minimum absolute atomic E-state index is 0.654. The minimum Gasteiger partial charge on any atom is -0.314 e. The lowest BCUT2D eigenvalue weighted by Crippen LogP contribution is -2.37. The highest BCUT2D eigenvalue weighted by Crippen LogP contribution is 2.40. The van der Waals surface area contributed by atoms with Crippen LogP contribution < -0.4 is 5.32 Å². The Balaban J connectivity index is 1.88. The van der Waals surface area contributed by atoms with Crippen molar-refractivity contribution in [1.82, 2.24) is 5.32 Å². The summed E-state index contributed by atoms with van der Waals surface area (Å²) in [7, 11) is 0. The minimum atomic E-state index is 0.654. The molecule has 2 aliphatic carbocycles. The summed E-state index contributed by atoms with van der Waals surface area (Å²) in [6.45, 7) is 5.84. The van der Waals surface area contributed by atoms with Crippen LogP contribution in [0.3, 0.4) is 0 Å². The Morgan fingerprint density at radius 1 is 0.833 bits per heavy atom. The van der Waals surface area contributed by atoms with Gasteiger partial charge in [0, 0.05) is 6.04 Å². The maximum Gasteiger partial charge on any atom is 0.00104 e. The molecule has 0 aromatic heterocycles. The van der Waals surface area contributed by atoms with Crippen LogP contribution in [0, 0.1) is 17.8 Å². The molecule has 1 heteroatoms. The number of hydrogen-bond acceptors (Lipinski definition) is 1. The molecule has 0 bridgehead atoms. The highest BCUT2D eigenvalue weighted by Gasteiger charge is 2.31. The zero-order valence-electron chi connectivity index (χ0n) is 12.6. The Hall–Kier alpha value is -0.0400. The van der Waals surface area contributed by atoms with Crippen LogP contribution in [0.5, 0.6) is 0 Å². The van der Waals surface area contributed by atoms with E-state index < -0.39 is 0 Å². The summed E-state index contributed by atoms with van der Waals surface area (Å²) in [6, 6.07) is 0.654. The summed E-state index contributed by atoms with van der Waals surface area (Å²) in [5.41, 5.74) is 0. The van der Waals surface area contributed by atoms with E-state index in [1.807, 2.05) is 0 Å². The highest BCUT2D eigenvalue weighted by molar-refractivity contribution is 4.83. The van der Waals surface area contributed by atoms with Gasteiger partial charge in [-0.25, -0.2) is 0 Å². The second-order valence-corrected chi connectivity index (χ2v) is 7.02. The van der Waals surface area contributed by atoms with Gasteiger partial charge in [0.2, 0.25) is 0 Å². The van der Waals surface area contributed by atoms with Crippen molar-refractivity contribution < 1.29 is 0 Å². The molecule has 0 aromatic rings. The zero-order chi connectivity index (χ0) is 12.8. The average molecular weight is 251 g/mol. The van der Waals surface area contributed by atoms with Crippen LogP contribution in [0.25, 0.3) is 0 Å². The van der Waals surface area contributed by atoms with E-state index in [1.165, 1.54) is 70.8 Å². The largest absolute Gasteiger partial charge is 0.314 e. The van der Waals surface area contributed by atoms with Crippen molar-refractivity contribution in [2.75, 3.05) is 6.54 Å². The van der Waals surface area contributed by atoms with Gasteiger partial charge in [-0.2, -0.15) is 0 Å². The normalized spacial score (nSPS) is 31.5. The average Bonchev–Trinajstić information content (AvgIpc) is 2.65. The van der Waals surface area contributed by atoms with Crippen molar-refractivity contribution in [1.29, 1.82) is 0 Å². The van der Waals surface area contributed by atoms with Gasteiger partial charge in [0.15, 0.2) is 0 Å². The molecular weight excluding hydrogens is 218 g/mol. The molecule has 2 unspecified atom stereocenters. The Kier molecular flexibility index (Phi) is 6.01. The molecule has 1 N–H and O–H groups in total. The maximum atomic E-state index is 3.70. The van der Waals surface area contributed by atoms with Crippen molar-refractivity contribution in [2.24, 2.45) is 17.8 Å². The molecule has 18 heavy (non-hydrogen) atoms. The first-order chi connectivity index (χ1) is 8.77. The molecule has 0 radical (unpaired) electrons. The quantitative estimate of drug-likeness (QED) is 0.710. The SMILES string of the molecule is CC(C)NCC1CCCCC1C1CCCCCC1.